The first-order valence-electron chi connectivity index (χ1n) is 23.3. The highest BCUT2D eigenvalue weighted by molar-refractivity contribution is 5.95. The molecule has 4 aliphatic heterocycles. The summed E-state index contributed by atoms with van der Waals surface area (Å²) >= 11 is 0. The maximum absolute atomic E-state index is 14.7. The fraction of sp³-hybridized carbons (Fsp3) is 0.592. The Kier molecular flexibility index (Phi) is 14.7. The van der Waals surface area contributed by atoms with E-state index in [1.807, 2.05) is 26.8 Å². The van der Waals surface area contributed by atoms with Crippen LogP contribution in [0.15, 0.2) is 49.2 Å². The van der Waals surface area contributed by atoms with E-state index in [0.717, 1.165) is 39.1 Å². The number of hydrogen-bond acceptors (Lipinski definition) is 11. The van der Waals surface area contributed by atoms with Crippen molar-refractivity contribution in [1.82, 2.24) is 35.1 Å². The van der Waals surface area contributed by atoms with Crippen molar-refractivity contribution >= 4 is 46.2 Å². The molecule has 352 valence electrons. The number of nitrogens with zero attached hydrogens (tertiary/aromatic N) is 6. The van der Waals surface area contributed by atoms with Crippen molar-refractivity contribution in [1.29, 1.82) is 0 Å². The predicted octanol–water partition coefficient (Wildman–Crippen LogP) is 4.65. The first kappa shape index (κ1) is 47.6. The average molecular weight is 897 g/mol. The van der Waals surface area contributed by atoms with Gasteiger partial charge >= 0.3 is 5.97 Å². The molecule has 0 saturated carbocycles. The van der Waals surface area contributed by atoms with E-state index in [4.69, 9.17) is 19.2 Å². The number of anilines is 1. The third-order valence-corrected chi connectivity index (χ3v) is 13.6. The van der Waals surface area contributed by atoms with Crippen molar-refractivity contribution in [2.75, 3.05) is 65.0 Å². The highest BCUT2D eigenvalue weighted by atomic mass is 16.5. The fourth-order valence-corrected chi connectivity index (χ4v) is 10.2. The van der Waals surface area contributed by atoms with Crippen LogP contribution >= 0.6 is 0 Å². The highest BCUT2D eigenvalue weighted by Gasteiger charge is 2.41. The van der Waals surface area contributed by atoms with E-state index in [1.165, 1.54) is 16.0 Å². The van der Waals surface area contributed by atoms with Crippen LogP contribution in [0, 0.1) is 17.3 Å². The number of hydrazine groups is 1. The number of aryl methyl sites for hydroxylation is 1. The second-order valence-electron chi connectivity index (χ2n) is 19.2. The molecule has 2 unspecified atom stereocenters. The lowest BCUT2D eigenvalue weighted by Crippen LogP contribution is -2.62. The van der Waals surface area contributed by atoms with Gasteiger partial charge < -0.3 is 38.8 Å². The Hall–Kier alpha value is -5.32. The van der Waals surface area contributed by atoms with Crippen molar-refractivity contribution < 1.29 is 38.2 Å². The third kappa shape index (κ3) is 10.1. The summed E-state index contributed by atoms with van der Waals surface area (Å²) in [5.74, 6) is -2.57. The van der Waals surface area contributed by atoms with E-state index < -0.39 is 53.3 Å². The lowest BCUT2D eigenvalue weighted by Gasteiger charge is -2.39. The van der Waals surface area contributed by atoms with Crippen molar-refractivity contribution in [2.24, 2.45) is 17.3 Å². The van der Waals surface area contributed by atoms with E-state index in [1.54, 1.807) is 25.3 Å². The van der Waals surface area contributed by atoms with E-state index in [2.05, 4.69) is 71.8 Å². The van der Waals surface area contributed by atoms with Gasteiger partial charge in [0, 0.05) is 93.6 Å². The summed E-state index contributed by atoms with van der Waals surface area (Å²) in [6.07, 6.45) is 4.57. The second kappa shape index (κ2) is 20.0. The SMILES string of the molecule is C=CC(=O)N1CC[C@H](C(=O)N(C)C(C(=O)N[C@H]2C[C@H]3CN(CCO3)c3ccc4c(c3)c(c(-c3cccnc3C(C)OC)n4CC)CC(C)(C)COC(=O)[C@@H]3CCCN(N3)C2=O)C(C)C)C1. The van der Waals surface area contributed by atoms with Crippen LogP contribution in [0.25, 0.3) is 22.2 Å². The number of pyridine rings is 1. The molecule has 6 bridgehead atoms. The van der Waals surface area contributed by atoms with Crippen LogP contribution in [-0.2, 0) is 51.1 Å². The van der Waals surface area contributed by atoms with E-state index in [0.29, 0.717) is 65.0 Å². The number of hydrogen-bond donors (Lipinski definition) is 2. The monoisotopic (exact) mass is 897 g/mol. The molecule has 16 nitrogen and oxygen atoms in total. The molecule has 3 aromatic rings. The number of aromatic nitrogens is 2. The number of fused-ring (bicyclic) bond motifs is 6. The summed E-state index contributed by atoms with van der Waals surface area (Å²) in [6, 6.07) is 7.87. The number of cyclic esters (lactones) is 1. The van der Waals surface area contributed by atoms with Gasteiger partial charge in [-0.2, -0.15) is 0 Å². The van der Waals surface area contributed by atoms with Crippen LogP contribution in [0.3, 0.4) is 0 Å². The van der Waals surface area contributed by atoms with Crippen molar-refractivity contribution in [3.05, 3.63) is 60.4 Å². The minimum Gasteiger partial charge on any atom is -0.464 e. The van der Waals surface area contributed by atoms with E-state index in [9.17, 15) is 24.0 Å². The molecule has 4 amide bonds. The molecular formula is C49H68N8O8. The van der Waals surface area contributed by atoms with Gasteiger partial charge in [-0.1, -0.05) is 34.3 Å². The smallest absolute Gasteiger partial charge is 0.324 e. The molecule has 2 N–H and O–H groups in total. The van der Waals surface area contributed by atoms with Gasteiger partial charge in [0.05, 0.1) is 42.7 Å². The molecule has 6 heterocycles. The van der Waals surface area contributed by atoms with Crippen LogP contribution in [0.4, 0.5) is 5.69 Å². The van der Waals surface area contributed by atoms with Gasteiger partial charge in [-0.15, -0.1) is 0 Å². The summed E-state index contributed by atoms with van der Waals surface area (Å²) in [4.78, 5) is 79.4. The highest BCUT2D eigenvalue weighted by Crippen LogP contribution is 2.42. The average Bonchev–Trinajstić information content (AvgIpc) is 3.92. The lowest BCUT2D eigenvalue weighted by atomic mass is 9.84. The zero-order chi connectivity index (χ0) is 46.7. The van der Waals surface area contributed by atoms with Crippen molar-refractivity contribution in [3.8, 4) is 11.3 Å². The number of carbonyl (C=O) groups is 5. The first-order valence-corrected chi connectivity index (χ1v) is 23.3. The zero-order valence-corrected chi connectivity index (χ0v) is 39.4. The van der Waals surface area contributed by atoms with Gasteiger partial charge in [-0.25, -0.2) is 5.43 Å². The van der Waals surface area contributed by atoms with Gasteiger partial charge in [0.2, 0.25) is 17.7 Å². The number of morpholine rings is 1. The molecule has 0 spiro atoms. The summed E-state index contributed by atoms with van der Waals surface area (Å²) in [7, 11) is 3.30. The number of likely N-dealkylation sites (tertiary alicyclic amines) is 1. The Bertz CT molecular complexity index is 2270. The number of methoxy groups -OCH3 is 1. The number of benzene rings is 1. The molecular weight excluding hydrogens is 829 g/mol. The van der Waals surface area contributed by atoms with Crippen LogP contribution in [0.1, 0.15) is 84.6 Å². The van der Waals surface area contributed by atoms with Gasteiger partial charge in [-0.05, 0) is 87.4 Å². The number of rotatable bonds is 10. The predicted molar refractivity (Wildman–Crippen MR) is 247 cm³/mol. The Labute approximate surface area is 382 Å². The maximum Gasteiger partial charge on any atom is 0.324 e. The summed E-state index contributed by atoms with van der Waals surface area (Å²) in [5, 5.41) is 5.58. The van der Waals surface area contributed by atoms with E-state index in [-0.39, 0.29) is 43.4 Å². The minimum atomic E-state index is -1.05. The Morgan fingerprint density at radius 2 is 1.89 bits per heavy atom. The van der Waals surface area contributed by atoms with Gasteiger partial charge in [0.1, 0.15) is 18.1 Å². The Morgan fingerprint density at radius 3 is 2.62 bits per heavy atom. The standard InChI is InChI=1S/C49H68N8O8/c1-10-41(58)55-21-18-32(27-55)46(60)53(8)43(30(3)4)45(59)51-39-25-34-28-54(22-23-64-34)33-16-17-40-36(24-33)37(44(56(40)11-2)35-14-12-19-50-42(35)31(5)63-9)26-49(6,7)29-65-48(62)38-15-13-20-57(52-38)47(39)61/h10,12,14,16-17,19,24,30-32,34,38-39,43,52H,1,11,13,15,18,20-23,25-29H2,2-9H3,(H,51,59)/t31?,32-,34-,38-,39-,43?/m0/s1. The van der Waals surface area contributed by atoms with Crippen molar-refractivity contribution in [2.45, 2.75) is 111 Å². The normalized spacial score (nSPS) is 23.7. The summed E-state index contributed by atoms with van der Waals surface area (Å²) in [5.41, 5.74) is 8.75. The number of ether oxygens (including phenoxy) is 3. The maximum atomic E-state index is 14.7. The molecule has 2 aromatic heterocycles. The van der Waals surface area contributed by atoms with Crippen LogP contribution in [0.2, 0.25) is 0 Å². The zero-order valence-electron chi connectivity index (χ0n) is 39.4. The quantitative estimate of drug-likeness (QED) is 0.215. The lowest BCUT2D eigenvalue weighted by molar-refractivity contribution is -0.156. The molecule has 3 fully saturated rings. The molecule has 65 heavy (non-hydrogen) atoms. The van der Waals surface area contributed by atoms with Gasteiger partial charge in [-0.3, -0.25) is 34.0 Å². The fourth-order valence-electron chi connectivity index (χ4n) is 10.2. The van der Waals surface area contributed by atoms with Gasteiger partial charge in [0.15, 0.2) is 0 Å². The third-order valence-electron chi connectivity index (χ3n) is 13.6. The first-order chi connectivity index (χ1) is 31.0. The minimum absolute atomic E-state index is 0.139. The Balaban J connectivity index is 1.24. The van der Waals surface area contributed by atoms with Gasteiger partial charge in [0.25, 0.3) is 5.91 Å². The number of esters is 1. The molecule has 3 saturated heterocycles. The Morgan fingerprint density at radius 1 is 1.11 bits per heavy atom. The summed E-state index contributed by atoms with van der Waals surface area (Å²) in [6.45, 7) is 19.0. The molecule has 4 aliphatic rings. The van der Waals surface area contributed by atoms with Crippen LogP contribution in [-0.4, -0.2) is 138 Å². The molecule has 0 radical (unpaired) electrons. The molecule has 0 aliphatic carbocycles. The van der Waals surface area contributed by atoms with Crippen LogP contribution < -0.4 is 15.6 Å². The second-order valence-corrected chi connectivity index (χ2v) is 19.2. The molecule has 1 aromatic carbocycles. The molecule has 6 atom stereocenters. The number of nitrogens with one attached hydrogen (secondary N) is 2. The number of likely N-dealkylation sites (N-methyl/N-ethyl adjacent to an activating group) is 1. The summed E-state index contributed by atoms with van der Waals surface area (Å²) < 4.78 is 20.7. The number of carbonyl (C=O) groups excluding carboxylic acids is 5. The molecule has 16 heteroatoms. The molecule has 7 rings (SSSR count). The topological polar surface area (TPSA) is 168 Å². The van der Waals surface area contributed by atoms with Crippen molar-refractivity contribution in [3.63, 3.8) is 0 Å². The number of amides is 4. The largest absolute Gasteiger partial charge is 0.464 e. The van der Waals surface area contributed by atoms with E-state index >= 15 is 0 Å². The van der Waals surface area contributed by atoms with Crippen LogP contribution in [0.5, 0.6) is 0 Å².